The Hall–Kier alpha value is -3.72. The predicted octanol–water partition coefficient (Wildman–Crippen LogP) is 3.94. The van der Waals surface area contributed by atoms with Gasteiger partial charge < -0.3 is 19.5 Å². The molecule has 0 aliphatic heterocycles. The minimum absolute atomic E-state index is 0.156. The summed E-state index contributed by atoms with van der Waals surface area (Å²) >= 11 is 0. The maximum atomic E-state index is 12.9. The Kier molecular flexibility index (Phi) is 7.78. The molecule has 0 aromatic heterocycles. The van der Waals surface area contributed by atoms with E-state index in [1.165, 1.54) is 23.5 Å². The van der Waals surface area contributed by atoms with Gasteiger partial charge in [-0.2, -0.15) is 0 Å². The highest BCUT2D eigenvalue weighted by Crippen LogP contribution is 2.25. The number of ether oxygens (including phenoxy) is 3. The van der Waals surface area contributed by atoms with Crippen LogP contribution >= 0.6 is 0 Å². The van der Waals surface area contributed by atoms with E-state index in [1.54, 1.807) is 67.8 Å². The van der Waals surface area contributed by atoms with Crippen molar-refractivity contribution in [1.29, 1.82) is 0 Å². The summed E-state index contributed by atoms with van der Waals surface area (Å²) in [6, 6.07) is 19.7. The third kappa shape index (κ3) is 6.17. The lowest BCUT2D eigenvalue weighted by Gasteiger charge is -2.20. The summed E-state index contributed by atoms with van der Waals surface area (Å²) in [4.78, 5) is 12.3. The molecule has 0 aliphatic rings. The maximum Gasteiger partial charge on any atom is 0.264 e. The lowest BCUT2D eigenvalue weighted by molar-refractivity contribution is -0.118. The molecular formula is C24H26N2O6S. The van der Waals surface area contributed by atoms with Crippen molar-refractivity contribution in [2.24, 2.45) is 0 Å². The summed E-state index contributed by atoms with van der Waals surface area (Å²) in [6.07, 6.45) is 0. The lowest BCUT2D eigenvalue weighted by Crippen LogP contribution is -2.26. The average Bonchev–Trinajstić information content (AvgIpc) is 2.83. The number of rotatable bonds is 10. The van der Waals surface area contributed by atoms with Crippen LogP contribution in [0.4, 0.5) is 11.4 Å². The van der Waals surface area contributed by atoms with Gasteiger partial charge in [-0.15, -0.1) is 0 Å². The topological polar surface area (TPSA) is 94.2 Å². The first-order valence-corrected chi connectivity index (χ1v) is 11.7. The molecule has 0 saturated heterocycles. The Bertz CT molecular complexity index is 1180. The fourth-order valence-corrected chi connectivity index (χ4v) is 4.17. The van der Waals surface area contributed by atoms with Crippen LogP contribution in [0.15, 0.2) is 77.7 Å². The second kappa shape index (κ2) is 10.7. The number of nitrogens with one attached hydrogen (secondary N) is 1. The molecule has 33 heavy (non-hydrogen) atoms. The summed E-state index contributed by atoms with van der Waals surface area (Å²) in [5, 5.41) is 2.73. The molecule has 0 saturated carbocycles. The normalized spacial score (nSPS) is 10.9. The van der Waals surface area contributed by atoms with Gasteiger partial charge in [0, 0.05) is 18.8 Å². The number of hydrogen-bond donors (Lipinski definition) is 1. The molecule has 0 heterocycles. The zero-order chi connectivity index (χ0) is 23.8. The van der Waals surface area contributed by atoms with Crippen molar-refractivity contribution in [2.45, 2.75) is 11.8 Å². The monoisotopic (exact) mass is 470 g/mol. The highest BCUT2D eigenvalue weighted by atomic mass is 32.2. The Morgan fingerprint density at radius 2 is 1.55 bits per heavy atom. The zero-order valence-electron chi connectivity index (χ0n) is 18.6. The van der Waals surface area contributed by atoms with Gasteiger partial charge in [-0.25, -0.2) is 8.42 Å². The molecule has 0 radical (unpaired) electrons. The first-order valence-electron chi connectivity index (χ1n) is 10.2. The van der Waals surface area contributed by atoms with Crippen molar-refractivity contribution in [3.05, 3.63) is 72.8 Å². The molecule has 3 rings (SSSR count). The first kappa shape index (κ1) is 23.9. The fraction of sp³-hybridized carbons (Fsp3) is 0.208. The Labute approximate surface area is 193 Å². The maximum absolute atomic E-state index is 12.9. The van der Waals surface area contributed by atoms with E-state index in [-0.39, 0.29) is 17.4 Å². The van der Waals surface area contributed by atoms with Crippen LogP contribution in [0.2, 0.25) is 0 Å². The molecule has 8 nitrogen and oxygen atoms in total. The van der Waals surface area contributed by atoms with Gasteiger partial charge in [0.1, 0.15) is 17.2 Å². The fourth-order valence-electron chi connectivity index (χ4n) is 2.97. The van der Waals surface area contributed by atoms with E-state index in [4.69, 9.17) is 14.2 Å². The van der Waals surface area contributed by atoms with Crippen LogP contribution in [-0.4, -0.2) is 41.7 Å². The number of nitrogens with zero attached hydrogens (tertiary/aromatic N) is 1. The van der Waals surface area contributed by atoms with Gasteiger partial charge in [0.15, 0.2) is 6.61 Å². The molecule has 9 heteroatoms. The van der Waals surface area contributed by atoms with Gasteiger partial charge in [-0.05, 0) is 67.6 Å². The first-order chi connectivity index (χ1) is 15.8. The largest absolute Gasteiger partial charge is 0.497 e. The predicted molar refractivity (Wildman–Crippen MR) is 127 cm³/mol. The Morgan fingerprint density at radius 3 is 2.18 bits per heavy atom. The van der Waals surface area contributed by atoms with E-state index >= 15 is 0 Å². The van der Waals surface area contributed by atoms with Crippen molar-refractivity contribution >= 4 is 27.3 Å². The second-order valence-corrected chi connectivity index (χ2v) is 8.91. The van der Waals surface area contributed by atoms with Gasteiger partial charge >= 0.3 is 0 Å². The molecule has 1 N–H and O–H groups in total. The highest BCUT2D eigenvalue weighted by Gasteiger charge is 2.21. The molecule has 3 aromatic carbocycles. The molecule has 3 aromatic rings. The van der Waals surface area contributed by atoms with Gasteiger partial charge in [0.25, 0.3) is 15.9 Å². The molecule has 1 amide bonds. The van der Waals surface area contributed by atoms with E-state index < -0.39 is 10.0 Å². The molecule has 0 fully saturated rings. The van der Waals surface area contributed by atoms with Crippen LogP contribution in [0.25, 0.3) is 0 Å². The molecule has 0 atom stereocenters. The van der Waals surface area contributed by atoms with Crippen LogP contribution in [0.3, 0.4) is 0 Å². The number of sulfonamides is 1. The van der Waals surface area contributed by atoms with E-state index in [2.05, 4.69) is 5.32 Å². The van der Waals surface area contributed by atoms with Gasteiger partial charge in [0.05, 0.1) is 24.3 Å². The third-order valence-electron chi connectivity index (χ3n) is 4.72. The van der Waals surface area contributed by atoms with E-state index in [1.807, 2.05) is 6.92 Å². The molecule has 174 valence electrons. The summed E-state index contributed by atoms with van der Waals surface area (Å²) < 4.78 is 43.0. The van der Waals surface area contributed by atoms with Crippen LogP contribution in [-0.2, 0) is 14.8 Å². The average molecular weight is 471 g/mol. The molecule has 0 bridgehead atoms. The Morgan fingerprint density at radius 1 is 0.909 bits per heavy atom. The van der Waals surface area contributed by atoms with Crippen molar-refractivity contribution in [3.8, 4) is 17.2 Å². The summed E-state index contributed by atoms with van der Waals surface area (Å²) in [5.74, 6) is 1.35. The number of hydrogen-bond acceptors (Lipinski definition) is 6. The number of carbonyl (C=O) groups excluding carboxylic acids is 1. The van der Waals surface area contributed by atoms with E-state index in [0.717, 1.165) is 0 Å². The quantitative estimate of drug-likeness (QED) is 0.482. The molecule has 0 spiro atoms. The molecule has 0 unspecified atom stereocenters. The minimum Gasteiger partial charge on any atom is -0.497 e. The lowest BCUT2D eigenvalue weighted by atomic mass is 10.3. The van der Waals surface area contributed by atoms with E-state index in [9.17, 15) is 13.2 Å². The third-order valence-corrected chi connectivity index (χ3v) is 6.52. The van der Waals surface area contributed by atoms with Crippen LogP contribution in [0.5, 0.6) is 17.2 Å². The van der Waals surface area contributed by atoms with E-state index in [0.29, 0.717) is 35.2 Å². The van der Waals surface area contributed by atoms with Gasteiger partial charge in [0.2, 0.25) is 0 Å². The number of amides is 1. The second-order valence-electron chi connectivity index (χ2n) is 6.94. The number of methoxy groups -OCH3 is 1. The molecular weight excluding hydrogens is 444 g/mol. The summed E-state index contributed by atoms with van der Waals surface area (Å²) in [5.41, 5.74) is 1.05. The Balaban J connectivity index is 1.60. The van der Waals surface area contributed by atoms with Crippen molar-refractivity contribution < 1.29 is 27.4 Å². The zero-order valence-corrected chi connectivity index (χ0v) is 19.5. The van der Waals surface area contributed by atoms with Gasteiger partial charge in [-0.3, -0.25) is 9.10 Å². The smallest absolute Gasteiger partial charge is 0.264 e. The number of carbonyl (C=O) groups is 1. The number of anilines is 2. The van der Waals surface area contributed by atoms with Crippen LogP contribution < -0.4 is 23.8 Å². The summed E-state index contributed by atoms with van der Waals surface area (Å²) in [7, 11) is -0.715. The molecule has 0 aliphatic carbocycles. The van der Waals surface area contributed by atoms with Crippen LogP contribution in [0.1, 0.15) is 6.92 Å². The van der Waals surface area contributed by atoms with Crippen LogP contribution in [0, 0.1) is 0 Å². The van der Waals surface area contributed by atoms with Crippen molar-refractivity contribution in [3.63, 3.8) is 0 Å². The van der Waals surface area contributed by atoms with Crippen molar-refractivity contribution in [1.82, 2.24) is 0 Å². The highest BCUT2D eigenvalue weighted by molar-refractivity contribution is 7.92. The van der Waals surface area contributed by atoms with Crippen molar-refractivity contribution in [2.75, 3.05) is 37.0 Å². The number of benzene rings is 3. The van der Waals surface area contributed by atoms with Gasteiger partial charge in [-0.1, -0.05) is 6.07 Å². The standard InChI is InChI=1S/C24H26N2O6S/c1-4-31-20-12-14-23(15-13-20)33(28,29)26(2)19-8-10-21(11-9-19)32-17-24(27)25-18-6-5-7-22(16-18)30-3/h5-16H,4,17H2,1-3H3,(H,25,27). The minimum atomic E-state index is -3.74. The summed E-state index contributed by atoms with van der Waals surface area (Å²) in [6.45, 7) is 2.17. The SMILES string of the molecule is CCOc1ccc(S(=O)(=O)N(C)c2ccc(OCC(=O)Nc3cccc(OC)c3)cc2)cc1.